The monoisotopic (exact) mass is 247 g/mol. The Hall–Kier alpha value is -1.10. The number of halogens is 4. The zero-order valence-corrected chi connectivity index (χ0v) is 9.10. The van der Waals surface area contributed by atoms with E-state index in [0.717, 1.165) is 12.1 Å². The Balaban J connectivity index is 2.34. The predicted octanol–water partition coefficient (Wildman–Crippen LogP) is 3.38. The minimum absolute atomic E-state index is 0.0836. The van der Waals surface area contributed by atoms with E-state index in [1.165, 1.54) is 12.1 Å². The van der Waals surface area contributed by atoms with E-state index in [2.05, 4.69) is 0 Å². The highest BCUT2D eigenvalue weighted by Gasteiger charge is 2.41. The Bertz CT molecular complexity index is 415. The van der Waals surface area contributed by atoms with Crippen molar-refractivity contribution in [2.45, 2.75) is 37.1 Å². The lowest BCUT2D eigenvalue weighted by Crippen LogP contribution is -2.22. The van der Waals surface area contributed by atoms with Crippen LogP contribution < -0.4 is 5.73 Å². The zero-order chi connectivity index (χ0) is 12.7. The van der Waals surface area contributed by atoms with Crippen LogP contribution in [0.3, 0.4) is 0 Å². The van der Waals surface area contributed by atoms with E-state index in [1.807, 2.05) is 0 Å². The largest absolute Gasteiger partial charge is 0.416 e. The molecule has 1 aromatic carbocycles. The molecule has 1 saturated carbocycles. The smallest absolute Gasteiger partial charge is 0.328 e. The van der Waals surface area contributed by atoms with Crippen LogP contribution in [-0.2, 0) is 11.8 Å². The van der Waals surface area contributed by atoms with E-state index >= 15 is 0 Å². The summed E-state index contributed by atoms with van der Waals surface area (Å²) < 4.78 is 51.9. The molecule has 0 saturated heterocycles. The molecule has 0 bridgehead atoms. The van der Waals surface area contributed by atoms with E-state index in [0.29, 0.717) is 6.42 Å². The van der Waals surface area contributed by atoms with Gasteiger partial charge in [-0.05, 0) is 30.5 Å². The van der Waals surface area contributed by atoms with Crippen LogP contribution in [0.15, 0.2) is 24.3 Å². The molecular formula is C12H13F4N. The second kappa shape index (κ2) is 3.98. The van der Waals surface area contributed by atoms with Crippen LogP contribution in [-0.4, -0.2) is 6.04 Å². The zero-order valence-electron chi connectivity index (χ0n) is 9.10. The summed E-state index contributed by atoms with van der Waals surface area (Å²) in [6.07, 6.45) is -3.65. The van der Waals surface area contributed by atoms with Gasteiger partial charge in [0.25, 0.3) is 0 Å². The number of rotatable bonds is 1. The van der Waals surface area contributed by atoms with Crippen molar-refractivity contribution in [3.8, 4) is 0 Å². The molecule has 94 valence electrons. The fraction of sp³-hybridized carbons (Fsp3) is 0.500. The molecule has 2 unspecified atom stereocenters. The standard InChI is InChI=1S/C12H13F4N/c13-11(5-4-10(17)7-11)8-2-1-3-9(6-8)12(14,15)16/h1-3,6,10H,4-5,7,17H2. The summed E-state index contributed by atoms with van der Waals surface area (Å²) in [5, 5.41) is 0. The summed E-state index contributed by atoms with van der Waals surface area (Å²) in [4.78, 5) is 0. The highest BCUT2D eigenvalue weighted by Crippen LogP contribution is 2.43. The molecule has 1 aliphatic rings. The molecule has 0 radical (unpaired) electrons. The lowest BCUT2D eigenvalue weighted by atomic mass is 9.92. The number of alkyl halides is 4. The van der Waals surface area contributed by atoms with Crippen molar-refractivity contribution in [1.29, 1.82) is 0 Å². The number of hydrogen-bond acceptors (Lipinski definition) is 1. The van der Waals surface area contributed by atoms with Crippen molar-refractivity contribution in [2.24, 2.45) is 5.73 Å². The fourth-order valence-corrected chi connectivity index (χ4v) is 2.27. The molecular weight excluding hydrogens is 234 g/mol. The van der Waals surface area contributed by atoms with Gasteiger partial charge in [0.15, 0.2) is 0 Å². The van der Waals surface area contributed by atoms with Gasteiger partial charge in [-0.15, -0.1) is 0 Å². The predicted molar refractivity (Wildman–Crippen MR) is 56.1 cm³/mol. The lowest BCUT2D eigenvalue weighted by molar-refractivity contribution is -0.137. The van der Waals surface area contributed by atoms with Gasteiger partial charge in [0, 0.05) is 12.5 Å². The maximum atomic E-state index is 14.4. The van der Waals surface area contributed by atoms with E-state index in [-0.39, 0.29) is 24.4 Å². The summed E-state index contributed by atoms with van der Waals surface area (Å²) in [7, 11) is 0. The molecule has 17 heavy (non-hydrogen) atoms. The van der Waals surface area contributed by atoms with Crippen molar-refractivity contribution in [1.82, 2.24) is 0 Å². The Morgan fingerprint density at radius 3 is 2.53 bits per heavy atom. The number of nitrogens with two attached hydrogens (primary N) is 1. The quantitative estimate of drug-likeness (QED) is 0.756. The third kappa shape index (κ3) is 2.44. The summed E-state index contributed by atoms with van der Waals surface area (Å²) in [5.74, 6) is 0. The number of hydrogen-bond donors (Lipinski definition) is 1. The van der Waals surface area contributed by atoms with Crippen LogP contribution in [0.2, 0.25) is 0 Å². The van der Waals surface area contributed by atoms with E-state index in [1.54, 1.807) is 0 Å². The normalized spacial score (nSPS) is 29.6. The topological polar surface area (TPSA) is 26.0 Å². The average molecular weight is 247 g/mol. The molecule has 0 aromatic heterocycles. The maximum absolute atomic E-state index is 14.4. The van der Waals surface area contributed by atoms with Crippen LogP contribution in [0.25, 0.3) is 0 Å². The Morgan fingerprint density at radius 2 is 2.00 bits per heavy atom. The molecule has 0 spiro atoms. The Labute approximate surface area is 96.6 Å². The molecule has 1 aromatic rings. The van der Waals surface area contributed by atoms with Gasteiger partial charge in [-0.3, -0.25) is 0 Å². The molecule has 2 rings (SSSR count). The van der Waals surface area contributed by atoms with Crippen molar-refractivity contribution >= 4 is 0 Å². The van der Waals surface area contributed by atoms with Gasteiger partial charge >= 0.3 is 6.18 Å². The molecule has 0 amide bonds. The van der Waals surface area contributed by atoms with E-state index in [4.69, 9.17) is 5.73 Å². The van der Waals surface area contributed by atoms with Crippen molar-refractivity contribution in [2.75, 3.05) is 0 Å². The third-order valence-electron chi connectivity index (χ3n) is 3.20. The highest BCUT2D eigenvalue weighted by molar-refractivity contribution is 5.31. The van der Waals surface area contributed by atoms with Crippen LogP contribution in [0.5, 0.6) is 0 Å². The summed E-state index contributed by atoms with van der Waals surface area (Å²) >= 11 is 0. The molecule has 5 heteroatoms. The summed E-state index contributed by atoms with van der Waals surface area (Å²) in [6.45, 7) is 0. The second-order valence-corrected chi connectivity index (χ2v) is 4.55. The first-order valence-electron chi connectivity index (χ1n) is 5.43. The summed E-state index contributed by atoms with van der Waals surface area (Å²) in [6, 6.07) is 4.20. The van der Waals surface area contributed by atoms with Crippen LogP contribution >= 0.6 is 0 Å². The molecule has 1 fully saturated rings. The van der Waals surface area contributed by atoms with Gasteiger partial charge in [0.2, 0.25) is 0 Å². The fourth-order valence-electron chi connectivity index (χ4n) is 2.27. The summed E-state index contributed by atoms with van der Waals surface area (Å²) in [5.41, 5.74) is 3.17. The molecule has 1 nitrogen and oxygen atoms in total. The van der Waals surface area contributed by atoms with Gasteiger partial charge in [0.05, 0.1) is 5.56 Å². The number of benzene rings is 1. The SMILES string of the molecule is NC1CCC(F)(c2cccc(C(F)(F)F)c2)C1. The van der Waals surface area contributed by atoms with Crippen LogP contribution in [0.1, 0.15) is 30.4 Å². The van der Waals surface area contributed by atoms with E-state index in [9.17, 15) is 17.6 Å². The van der Waals surface area contributed by atoms with Crippen LogP contribution in [0.4, 0.5) is 17.6 Å². The van der Waals surface area contributed by atoms with Gasteiger partial charge < -0.3 is 5.73 Å². The molecule has 0 aliphatic heterocycles. The molecule has 2 N–H and O–H groups in total. The van der Waals surface area contributed by atoms with Gasteiger partial charge in [-0.2, -0.15) is 13.2 Å². The van der Waals surface area contributed by atoms with Gasteiger partial charge in [-0.25, -0.2) is 4.39 Å². The van der Waals surface area contributed by atoms with Crippen molar-refractivity contribution in [3.63, 3.8) is 0 Å². The Morgan fingerprint density at radius 1 is 1.29 bits per heavy atom. The van der Waals surface area contributed by atoms with E-state index < -0.39 is 17.4 Å². The first-order valence-corrected chi connectivity index (χ1v) is 5.43. The third-order valence-corrected chi connectivity index (χ3v) is 3.20. The lowest BCUT2D eigenvalue weighted by Gasteiger charge is -2.21. The van der Waals surface area contributed by atoms with Gasteiger partial charge in [-0.1, -0.05) is 12.1 Å². The van der Waals surface area contributed by atoms with Crippen molar-refractivity contribution in [3.05, 3.63) is 35.4 Å². The Kier molecular flexibility index (Phi) is 2.89. The van der Waals surface area contributed by atoms with Crippen molar-refractivity contribution < 1.29 is 17.6 Å². The first-order chi connectivity index (χ1) is 7.81. The minimum Gasteiger partial charge on any atom is -0.328 e. The highest BCUT2D eigenvalue weighted by atomic mass is 19.4. The molecule has 1 aliphatic carbocycles. The van der Waals surface area contributed by atoms with Gasteiger partial charge in [0.1, 0.15) is 5.67 Å². The molecule has 0 heterocycles. The average Bonchev–Trinajstić information content (AvgIpc) is 2.59. The molecule has 2 atom stereocenters. The van der Waals surface area contributed by atoms with Crippen LogP contribution in [0, 0.1) is 0 Å². The maximum Gasteiger partial charge on any atom is 0.416 e. The first kappa shape index (κ1) is 12.4. The second-order valence-electron chi connectivity index (χ2n) is 4.55. The minimum atomic E-state index is -4.44.